The van der Waals surface area contributed by atoms with Crippen LogP contribution in [0.3, 0.4) is 0 Å². The minimum Gasteiger partial charge on any atom is -0.329 e. The number of carbonyl (C=O) groups is 2. The quantitative estimate of drug-likeness (QED) is 0.522. The summed E-state index contributed by atoms with van der Waals surface area (Å²) in [6.07, 6.45) is -3.51. The molecule has 1 amide bonds. The van der Waals surface area contributed by atoms with Gasteiger partial charge in [0.2, 0.25) is 11.7 Å². The van der Waals surface area contributed by atoms with Crippen molar-refractivity contribution >= 4 is 11.7 Å². The second kappa shape index (κ2) is 10.3. The number of hydroxylamine groups is 2. The molecule has 2 aromatic rings. The fourth-order valence-electron chi connectivity index (χ4n) is 2.75. The summed E-state index contributed by atoms with van der Waals surface area (Å²) in [4.78, 5) is 32.7. The van der Waals surface area contributed by atoms with Gasteiger partial charge >= 0.3 is 12.1 Å². The lowest BCUT2D eigenvalue weighted by atomic mass is 10.0. The molecule has 0 radical (unpaired) electrons. The van der Waals surface area contributed by atoms with Crippen molar-refractivity contribution < 1.29 is 32.1 Å². The van der Waals surface area contributed by atoms with E-state index >= 15 is 0 Å². The van der Waals surface area contributed by atoms with Gasteiger partial charge in [-0.25, -0.2) is 5.06 Å². The van der Waals surface area contributed by atoms with E-state index in [4.69, 9.17) is 4.84 Å². The second-order valence-corrected chi connectivity index (χ2v) is 7.10. The first kappa shape index (κ1) is 23.5. The maximum absolute atomic E-state index is 12.6. The summed E-state index contributed by atoms with van der Waals surface area (Å²) < 4.78 is 42.0. The molecule has 0 saturated heterocycles. The van der Waals surface area contributed by atoms with E-state index in [0.29, 0.717) is 30.6 Å². The Hall–Kier alpha value is -2.75. The van der Waals surface area contributed by atoms with E-state index in [-0.39, 0.29) is 36.4 Å². The molecule has 7 nitrogen and oxygen atoms in total. The Morgan fingerprint density at radius 2 is 1.87 bits per heavy atom. The Balaban J connectivity index is 2.07. The minimum atomic E-state index is -4.71. The van der Waals surface area contributed by atoms with E-state index in [1.807, 2.05) is 13.8 Å². The normalized spacial score (nSPS) is 12.6. The van der Waals surface area contributed by atoms with Crippen LogP contribution in [0.4, 0.5) is 13.2 Å². The Morgan fingerprint density at radius 1 is 1.20 bits per heavy atom. The molecule has 0 aliphatic carbocycles. The van der Waals surface area contributed by atoms with Gasteiger partial charge in [0, 0.05) is 18.4 Å². The first-order valence-corrected chi connectivity index (χ1v) is 9.53. The van der Waals surface area contributed by atoms with E-state index in [1.54, 1.807) is 24.3 Å². The second-order valence-electron chi connectivity index (χ2n) is 7.10. The zero-order valence-electron chi connectivity index (χ0n) is 17.0. The summed E-state index contributed by atoms with van der Waals surface area (Å²) in [7, 11) is 0. The predicted molar refractivity (Wildman–Crippen MR) is 101 cm³/mol. The molecule has 1 heterocycles. The molecule has 0 aliphatic rings. The summed E-state index contributed by atoms with van der Waals surface area (Å²) in [5.74, 6) is -1.92. The number of Topliss-reactive ketones (excluding diaryl/α,β-unsaturated/α-hetero) is 1. The highest BCUT2D eigenvalue weighted by atomic mass is 19.4. The molecule has 0 fully saturated rings. The van der Waals surface area contributed by atoms with E-state index in [9.17, 15) is 22.8 Å². The van der Waals surface area contributed by atoms with Crippen LogP contribution in [0.25, 0.3) is 11.4 Å². The molecular weight excluding hydrogens is 403 g/mol. The first-order chi connectivity index (χ1) is 14.1. The first-order valence-electron chi connectivity index (χ1n) is 9.53. The van der Waals surface area contributed by atoms with Gasteiger partial charge in [0.25, 0.3) is 0 Å². The van der Waals surface area contributed by atoms with Crippen molar-refractivity contribution in [2.75, 3.05) is 6.61 Å². The van der Waals surface area contributed by atoms with Crippen molar-refractivity contribution in [2.24, 2.45) is 5.92 Å². The number of hydrogen-bond donors (Lipinski definition) is 0. The molecular formula is C20H24F3N3O4. The highest BCUT2D eigenvalue weighted by Crippen LogP contribution is 2.29. The van der Waals surface area contributed by atoms with Gasteiger partial charge in [-0.05, 0) is 24.8 Å². The summed E-state index contributed by atoms with van der Waals surface area (Å²) >= 11 is 0. The third kappa shape index (κ3) is 6.94. The van der Waals surface area contributed by atoms with Crippen molar-refractivity contribution in [3.05, 3.63) is 35.7 Å². The van der Waals surface area contributed by atoms with E-state index in [2.05, 4.69) is 14.7 Å². The fraction of sp³-hybridized carbons (Fsp3) is 0.500. The zero-order chi connectivity index (χ0) is 22.3. The lowest BCUT2D eigenvalue weighted by molar-refractivity contribution is -0.191. The number of rotatable bonds is 10. The molecule has 0 saturated carbocycles. The number of ketones is 1. The maximum Gasteiger partial charge on any atom is 0.471 e. The molecule has 0 aliphatic heterocycles. The predicted octanol–water partition coefficient (Wildman–Crippen LogP) is 4.43. The lowest BCUT2D eigenvalue weighted by Gasteiger charge is -2.23. The van der Waals surface area contributed by atoms with Crippen LogP contribution in [0, 0.1) is 5.92 Å². The number of aromatic nitrogens is 2. The van der Waals surface area contributed by atoms with E-state index in [0.717, 1.165) is 0 Å². The van der Waals surface area contributed by atoms with Crippen LogP contribution in [-0.4, -0.2) is 33.5 Å². The van der Waals surface area contributed by atoms with Gasteiger partial charge < -0.3 is 9.32 Å². The number of halogens is 3. The average molecular weight is 427 g/mol. The zero-order valence-corrected chi connectivity index (χ0v) is 17.0. The number of hydrogen-bond acceptors (Lipinski definition) is 6. The topological polar surface area (TPSA) is 85.5 Å². The van der Waals surface area contributed by atoms with E-state index < -0.39 is 12.1 Å². The Morgan fingerprint density at radius 3 is 2.40 bits per heavy atom. The number of benzene rings is 1. The Labute approximate surface area is 172 Å². The number of carbonyl (C=O) groups excluding carboxylic acids is 2. The minimum absolute atomic E-state index is 0.0158. The van der Waals surface area contributed by atoms with Crippen LogP contribution in [0.15, 0.2) is 28.8 Å². The molecule has 0 spiro atoms. The Bertz CT molecular complexity index is 850. The van der Waals surface area contributed by atoms with Gasteiger partial charge in [0.1, 0.15) is 5.78 Å². The van der Waals surface area contributed by atoms with Crippen molar-refractivity contribution in [1.29, 1.82) is 0 Å². The summed E-state index contributed by atoms with van der Waals surface area (Å²) in [6, 6.07) is 6.38. The SMILES string of the molecule is CCCON(Cc1ccc(-c2noc(C(F)(F)F)n2)cc1)C(=O)CC(C)CC(C)=O. The summed E-state index contributed by atoms with van der Waals surface area (Å²) in [5.41, 5.74) is 1.06. The van der Waals surface area contributed by atoms with Crippen molar-refractivity contribution in [1.82, 2.24) is 15.2 Å². The molecule has 1 aromatic heterocycles. The smallest absolute Gasteiger partial charge is 0.329 e. The standard InChI is InChI=1S/C20H24F3N3O4/c1-4-9-29-26(17(28)11-13(2)10-14(3)27)12-15-5-7-16(8-6-15)18-24-19(30-25-18)20(21,22)23/h5-8,13H,4,9-12H2,1-3H3. The molecule has 1 atom stereocenters. The summed E-state index contributed by atoms with van der Waals surface area (Å²) in [5, 5.41) is 4.60. The maximum atomic E-state index is 12.6. The third-order valence-corrected chi connectivity index (χ3v) is 4.10. The molecule has 164 valence electrons. The number of alkyl halides is 3. The molecule has 2 rings (SSSR count). The summed E-state index contributed by atoms with van der Waals surface area (Å²) in [6.45, 7) is 5.73. The van der Waals surface area contributed by atoms with Crippen LogP contribution in [0.2, 0.25) is 0 Å². The molecule has 1 aromatic carbocycles. The van der Waals surface area contributed by atoms with Gasteiger partial charge in [-0.3, -0.25) is 9.63 Å². The van der Waals surface area contributed by atoms with Gasteiger partial charge in [-0.1, -0.05) is 43.3 Å². The van der Waals surface area contributed by atoms with Crippen molar-refractivity contribution in [3.63, 3.8) is 0 Å². The van der Waals surface area contributed by atoms with Crippen LogP contribution in [0.1, 0.15) is 51.5 Å². The highest BCUT2D eigenvalue weighted by molar-refractivity contribution is 5.78. The molecule has 10 heteroatoms. The van der Waals surface area contributed by atoms with Gasteiger partial charge in [-0.2, -0.15) is 18.2 Å². The average Bonchev–Trinajstić information content (AvgIpc) is 3.15. The molecule has 0 N–H and O–H groups in total. The van der Waals surface area contributed by atoms with Crippen LogP contribution in [-0.2, 0) is 27.1 Å². The van der Waals surface area contributed by atoms with Crippen molar-refractivity contribution in [2.45, 2.75) is 52.8 Å². The molecule has 0 bridgehead atoms. The monoisotopic (exact) mass is 427 g/mol. The van der Waals surface area contributed by atoms with Gasteiger partial charge in [0.15, 0.2) is 0 Å². The van der Waals surface area contributed by atoms with Crippen LogP contribution < -0.4 is 0 Å². The molecule has 30 heavy (non-hydrogen) atoms. The van der Waals surface area contributed by atoms with E-state index in [1.165, 1.54) is 12.0 Å². The number of nitrogens with zero attached hydrogens (tertiary/aromatic N) is 3. The van der Waals surface area contributed by atoms with Gasteiger partial charge in [-0.15, -0.1) is 0 Å². The lowest BCUT2D eigenvalue weighted by Crippen LogP contribution is -2.32. The van der Waals surface area contributed by atoms with Crippen LogP contribution >= 0.6 is 0 Å². The highest BCUT2D eigenvalue weighted by Gasteiger charge is 2.38. The Kier molecular flexibility index (Phi) is 8.10. The fourth-order valence-corrected chi connectivity index (χ4v) is 2.75. The van der Waals surface area contributed by atoms with Gasteiger partial charge in [0.05, 0.1) is 13.2 Å². The molecule has 1 unspecified atom stereocenters. The van der Waals surface area contributed by atoms with Crippen LogP contribution in [0.5, 0.6) is 0 Å². The largest absolute Gasteiger partial charge is 0.471 e. The van der Waals surface area contributed by atoms with Crippen molar-refractivity contribution in [3.8, 4) is 11.4 Å². The number of amides is 1. The third-order valence-electron chi connectivity index (χ3n) is 4.10.